The maximum absolute atomic E-state index is 5.81. The quantitative estimate of drug-likeness (QED) is 0.210. The Morgan fingerprint density at radius 3 is 2.03 bits per heavy atom. The Balaban J connectivity index is 0.00000385. The molecule has 0 bridgehead atoms. The van der Waals surface area contributed by atoms with Crippen molar-refractivity contribution in [3.63, 3.8) is 0 Å². The minimum absolute atomic E-state index is 0. The normalized spacial score (nSPS) is 10.8. The zero-order valence-electron chi connectivity index (χ0n) is 19.3. The molecule has 0 atom stereocenters. The monoisotopic (exact) mass is 561 g/mol. The topological polar surface area (TPSA) is 64.1 Å². The number of aliphatic imine (C=N–C) groups is 1. The second-order valence-electron chi connectivity index (χ2n) is 7.25. The van der Waals surface area contributed by atoms with Crippen molar-refractivity contribution in [1.29, 1.82) is 0 Å². The molecule has 3 aromatic rings. The number of hydrogen-bond acceptors (Lipinski definition) is 4. The average Bonchev–Trinajstić information content (AvgIpc) is 2.85. The Morgan fingerprint density at radius 2 is 1.39 bits per heavy atom. The van der Waals surface area contributed by atoms with Crippen molar-refractivity contribution >= 4 is 29.9 Å². The molecule has 0 amide bonds. The Bertz CT molecular complexity index is 995. The molecule has 0 radical (unpaired) electrons. The lowest BCUT2D eigenvalue weighted by Crippen LogP contribution is -2.36. The van der Waals surface area contributed by atoms with Crippen LogP contribution >= 0.6 is 24.0 Å². The van der Waals surface area contributed by atoms with Crippen LogP contribution in [0, 0.1) is 0 Å². The molecule has 0 saturated carbocycles. The summed E-state index contributed by atoms with van der Waals surface area (Å²) in [6.45, 7) is 2.47. The van der Waals surface area contributed by atoms with E-state index in [0.717, 1.165) is 28.6 Å². The first-order valence-electron chi connectivity index (χ1n) is 10.6. The van der Waals surface area contributed by atoms with E-state index in [1.807, 2.05) is 36.4 Å². The molecule has 0 aliphatic heterocycles. The lowest BCUT2D eigenvalue weighted by atomic mass is 10.1. The summed E-state index contributed by atoms with van der Waals surface area (Å²) >= 11 is 0. The summed E-state index contributed by atoms with van der Waals surface area (Å²) in [4.78, 5) is 4.30. The van der Waals surface area contributed by atoms with Crippen LogP contribution in [-0.2, 0) is 31.0 Å². The van der Waals surface area contributed by atoms with Gasteiger partial charge in [-0.3, -0.25) is 4.99 Å². The van der Waals surface area contributed by atoms with Crippen molar-refractivity contribution < 1.29 is 14.2 Å². The van der Waals surface area contributed by atoms with Crippen LogP contribution in [0.1, 0.15) is 22.3 Å². The van der Waals surface area contributed by atoms with Crippen molar-refractivity contribution in [3.8, 4) is 11.5 Å². The van der Waals surface area contributed by atoms with E-state index in [1.165, 1.54) is 11.1 Å². The van der Waals surface area contributed by atoms with E-state index in [-0.39, 0.29) is 24.0 Å². The minimum Gasteiger partial charge on any atom is -0.497 e. The number of nitrogens with zero attached hydrogens (tertiary/aromatic N) is 1. The van der Waals surface area contributed by atoms with Crippen LogP contribution in [0.3, 0.4) is 0 Å². The Labute approximate surface area is 213 Å². The summed E-state index contributed by atoms with van der Waals surface area (Å²) < 4.78 is 16.5. The van der Waals surface area contributed by atoms with Crippen molar-refractivity contribution in [2.24, 2.45) is 4.99 Å². The van der Waals surface area contributed by atoms with E-state index >= 15 is 0 Å². The van der Waals surface area contributed by atoms with Crippen LogP contribution in [0.25, 0.3) is 0 Å². The van der Waals surface area contributed by atoms with Crippen LogP contribution in [0.15, 0.2) is 77.8 Å². The SMILES string of the molecule is CN=C(NCc1ccc(COCc2ccccc2)cc1)NCc1ccc(OC)cc1OC.I. The molecule has 2 N–H and O–H groups in total. The van der Waals surface area contributed by atoms with Gasteiger partial charge in [0, 0.05) is 31.8 Å². The van der Waals surface area contributed by atoms with Crippen molar-refractivity contribution in [3.05, 3.63) is 95.1 Å². The zero-order chi connectivity index (χ0) is 22.6. The molecule has 33 heavy (non-hydrogen) atoms. The second kappa shape index (κ2) is 14.4. The van der Waals surface area contributed by atoms with E-state index in [9.17, 15) is 0 Å². The van der Waals surface area contributed by atoms with E-state index in [0.29, 0.717) is 26.3 Å². The summed E-state index contributed by atoms with van der Waals surface area (Å²) in [5.41, 5.74) is 4.52. The highest BCUT2D eigenvalue weighted by Gasteiger charge is 2.06. The largest absolute Gasteiger partial charge is 0.497 e. The van der Waals surface area contributed by atoms with Crippen LogP contribution in [-0.4, -0.2) is 27.2 Å². The van der Waals surface area contributed by atoms with Gasteiger partial charge in [0.05, 0.1) is 27.4 Å². The standard InChI is InChI=1S/C26H31N3O3.HI/c1-27-26(29-17-23-13-14-24(30-2)15-25(23)31-3)28-16-20-9-11-22(12-10-20)19-32-18-21-7-5-4-6-8-21;/h4-15H,16-19H2,1-3H3,(H2,27,28,29);1H. The van der Waals surface area contributed by atoms with Gasteiger partial charge >= 0.3 is 0 Å². The minimum atomic E-state index is 0. The molecule has 6 nitrogen and oxygen atoms in total. The van der Waals surface area contributed by atoms with Crippen LogP contribution in [0.4, 0.5) is 0 Å². The Hall–Kier alpha value is -2.78. The van der Waals surface area contributed by atoms with E-state index < -0.39 is 0 Å². The summed E-state index contributed by atoms with van der Waals surface area (Å²) in [5, 5.41) is 6.66. The van der Waals surface area contributed by atoms with E-state index in [2.05, 4.69) is 52.0 Å². The van der Waals surface area contributed by atoms with Gasteiger partial charge in [0.15, 0.2) is 5.96 Å². The van der Waals surface area contributed by atoms with Crippen molar-refractivity contribution in [1.82, 2.24) is 10.6 Å². The number of guanidine groups is 1. The highest BCUT2D eigenvalue weighted by Crippen LogP contribution is 2.24. The number of ether oxygens (including phenoxy) is 3. The number of halogens is 1. The number of rotatable bonds is 10. The summed E-state index contributed by atoms with van der Waals surface area (Å²) in [6.07, 6.45) is 0. The highest BCUT2D eigenvalue weighted by atomic mass is 127. The van der Waals surface area contributed by atoms with Crippen LogP contribution in [0.2, 0.25) is 0 Å². The lowest BCUT2D eigenvalue weighted by Gasteiger charge is -2.14. The van der Waals surface area contributed by atoms with Crippen molar-refractivity contribution in [2.75, 3.05) is 21.3 Å². The fourth-order valence-electron chi connectivity index (χ4n) is 3.20. The molecule has 0 aliphatic carbocycles. The van der Waals surface area contributed by atoms with Gasteiger partial charge in [-0.05, 0) is 28.8 Å². The van der Waals surface area contributed by atoms with Gasteiger partial charge in [0.25, 0.3) is 0 Å². The second-order valence-corrected chi connectivity index (χ2v) is 7.25. The summed E-state index contributed by atoms with van der Waals surface area (Å²) in [7, 11) is 5.05. The number of benzene rings is 3. The lowest BCUT2D eigenvalue weighted by molar-refractivity contribution is 0.107. The molecular weight excluding hydrogens is 529 g/mol. The molecule has 3 aromatic carbocycles. The first-order chi connectivity index (χ1) is 15.7. The molecule has 0 fully saturated rings. The third-order valence-electron chi connectivity index (χ3n) is 5.03. The molecule has 3 rings (SSSR count). The van der Waals surface area contributed by atoms with Crippen molar-refractivity contribution in [2.45, 2.75) is 26.3 Å². The van der Waals surface area contributed by atoms with Gasteiger partial charge in [0.2, 0.25) is 0 Å². The van der Waals surface area contributed by atoms with E-state index in [4.69, 9.17) is 14.2 Å². The number of hydrogen-bond donors (Lipinski definition) is 2. The maximum atomic E-state index is 5.81. The van der Waals surface area contributed by atoms with Gasteiger partial charge in [-0.15, -0.1) is 24.0 Å². The Kier molecular flexibility index (Phi) is 11.5. The third-order valence-corrected chi connectivity index (χ3v) is 5.03. The van der Waals surface area contributed by atoms with Gasteiger partial charge in [0.1, 0.15) is 11.5 Å². The maximum Gasteiger partial charge on any atom is 0.191 e. The predicted molar refractivity (Wildman–Crippen MR) is 143 cm³/mol. The summed E-state index contributed by atoms with van der Waals surface area (Å²) in [6, 6.07) is 24.4. The average molecular weight is 561 g/mol. The fourth-order valence-corrected chi connectivity index (χ4v) is 3.20. The smallest absolute Gasteiger partial charge is 0.191 e. The number of nitrogens with one attached hydrogen (secondary N) is 2. The van der Waals surface area contributed by atoms with Crippen LogP contribution < -0.4 is 20.1 Å². The molecule has 0 unspecified atom stereocenters. The molecule has 7 heteroatoms. The van der Waals surface area contributed by atoms with Gasteiger partial charge < -0.3 is 24.8 Å². The van der Waals surface area contributed by atoms with Gasteiger partial charge in [-0.2, -0.15) is 0 Å². The molecule has 0 saturated heterocycles. The first kappa shape index (κ1) is 26.5. The zero-order valence-corrected chi connectivity index (χ0v) is 21.7. The first-order valence-corrected chi connectivity index (χ1v) is 10.6. The molecular formula is C26H32IN3O3. The molecule has 0 spiro atoms. The van der Waals surface area contributed by atoms with Crippen LogP contribution in [0.5, 0.6) is 11.5 Å². The number of methoxy groups -OCH3 is 2. The Morgan fingerprint density at radius 1 is 0.758 bits per heavy atom. The van der Waals surface area contributed by atoms with Gasteiger partial charge in [-0.1, -0.05) is 54.6 Å². The molecule has 0 aliphatic rings. The molecule has 0 aromatic heterocycles. The summed E-state index contributed by atoms with van der Waals surface area (Å²) in [5.74, 6) is 2.26. The van der Waals surface area contributed by atoms with Gasteiger partial charge in [-0.25, -0.2) is 0 Å². The highest BCUT2D eigenvalue weighted by molar-refractivity contribution is 14.0. The van der Waals surface area contributed by atoms with E-state index in [1.54, 1.807) is 21.3 Å². The molecule has 0 heterocycles. The third kappa shape index (κ3) is 8.58. The fraction of sp³-hybridized carbons (Fsp3) is 0.269. The molecule has 176 valence electrons. The predicted octanol–water partition coefficient (Wildman–Crippen LogP) is 4.90.